The number of likely N-dealkylation sites (tertiary alicyclic amines) is 1. The lowest BCUT2D eigenvalue weighted by atomic mass is 9.98. The molecule has 1 aromatic heterocycles. The number of benzene rings is 1. The van der Waals surface area contributed by atoms with Gasteiger partial charge in [0.1, 0.15) is 5.82 Å². The highest BCUT2D eigenvalue weighted by Crippen LogP contribution is 2.40. The van der Waals surface area contributed by atoms with Crippen LogP contribution in [0.1, 0.15) is 17.5 Å². The normalized spacial score (nSPS) is 19.8. The Balaban J connectivity index is 1.32. The largest absolute Gasteiger partial charge is 0.338 e. The molecule has 166 valence electrons. The smallest absolute Gasteiger partial charge is 0.258 e. The molecular weight excluding hydrogens is 412 g/mol. The van der Waals surface area contributed by atoms with Gasteiger partial charge in [0.15, 0.2) is 0 Å². The molecule has 1 saturated heterocycles. The van der Waals surface area contributed by atoms with Gasteiger partial charge in [-0.1, -0.05) is 49.1 Å². The Bertz CT molecular complexity index is 1150. The van der Waals surface area contributed by atoms with Crippen molar-refractivity contribution in [1.29, 1.82) is 0 Å². The summed E-state index contributed by atoms with van der Waals surface area (Å²) in [5, 5.41) is 2.67. The lowest BCUT2D eigenvalue weighted by molar-refractivity contribution is -0.125. The Morgan fingerprint density at radius 3 is 2.64 bits per heavy atom. The number of hydrogen-bond donors (Lipinski definition) is 1. The quantitative estimate of drug-likeness (QED) is 0.396. The van der Waals surface area contributed by atoms with Crippen LogP contribution in [0.3, 0.4) is 0 Å². The van der Waals surface area contributed by atoms with Crippen LogP contribution >= 0.6 is 0 Å². The molecule has 2 amide bonds. The van der Waals surface area contributed by atoms with Crippen molar-refractivity contribution in [2.24, 2.45) is 16.8 Å². The Kier molecular flexibility index (Phi) is 6.74. The first-order valence-electron chi connectivity index (χ1n) is 10.9. The first-order chi connectivity index (χ1) is 16.1. The average molecular weight is 439 g/mol. The highest BCUT2D eigenvalue weighted by atomic mass is 16.2. The van der Waals surface area contributed by atoms with E-state index in [2.05, 4.69) is 58.9 Å². The Hall–Kier alpha value is -4.06. The predicted molar refractivity (Wildman–Crippen MR) is 132 cm³/mol. The van der Waals surface area contributed by atoms with Gasteiger partial charge in [0.05, 0.1) is 5.57 Å². The summed E-state index contributed by atoms with van der Waals surface area (Å²) in [4.78, 5) is 34.5. The van der Waals surface area contributed by atoms with Crippen molar-refractivity contribution in [3.63, 3.8) is 0 Å². The maximum absolute atomic E-state index is 12.7. The number of hydrogen-bond acceptors (Lipinski definition) is 4. The zero-order valence-corrected chi connectivity index (χ0v) is 18.4. The molecule has 2 heterocycles. The van der Waals surface area contributed by atoms with Crippen molar-refractivity contribution in [1.82, 2.24) is 9.88 Å². The summed E-state index contributed by atoms with van der Waals surface area (Å²) in [7, 11) is 0. The highest BCUT2D eigenvalue weighted by molar-refractivity contribution is 6.05. The van der Waals surface area contributed by atoms with Crippen LogP contribution in [0.2, 0.25) is 0 Å². The van der Waals surface area contributed by atoms with Crippen LogP contribution in [-0.4, -0.2) is 41.5 Å². The van der Waals surface area contributed by atoms with Crippen molar-refractivity contribution >= 4 is 36.0 Å². The van der Waals surface area contributed by atoms with E-state index in [0.29, 0.717) is 23.2 Å². The molecule has 1 fully saturated rings. The van der Waals surface area contributed by atoms with Crippen molar-refractivity contribution in [2.75, 3.05) is 18.4 Å². The minimum atomic E-state index is -0.368. The number of fused-ring (bicyclic) bond motifs is 1. The Labute approximate surface area is 193 Å². The minimum absolute atomic E-state index is 0.00845. The van der Waals surface area contributed by atoms with Gasteiger partial charge in [0, 0.05) is 31.6 Å². The summed E-state index contributed by atoms with van der Waals surface area (Å²) < 4.78 is 0. The van der Waals surface area contributed by atoms with Gasteiger partial charge in [0.25, 0.3) is 5.91 Å². The number of allylic oxidation sites excluding steroid dienone is 1. The van der Waals surface area contributed by atoms with Crippen LogP contribution in [0.15, 0.2) is 90.2 Å². The SMILES string of the molecule is C=C/C(=C\N=C)C(=O)Nc1ccc(/C=C/C(=O)N2CC3C=C(c4ccccc4)CC3C2)cn1. The second kappa shape index (κ2) is 10.0. The van der Waals surface area contributed by atoms with Gasteiger partial charge in [-0.05, 0) is 59.9 Å². The number of amides is 2. The molecule has 0 bridgehead atoms. The molecule has 2 unspecified atom stereocenters. The van der Waals surface area contributed by atoms with Crippen LogP contribution in [-0.2, 0) is 9.59 Å². The Morgan fingerprint density at radius 1 is 1.15 bits per heavy atom. The third-order valence-electron chi connectivity index (χ3n) is 6.00. The van der Waals surface area contributed by atoms with Gasteiger partial charge in [0.2, 0.25) is 5.91 Å². The molecule has 2 aliphatic rings. The van der Waals surface area contributed by atoms with Crippen molar-refractivity contribution in [3.05, 3.63) is 96.4 Å². The number of anilines is 1. The van der Waals surface area contributed by atoms with E-state index >= 15 is 0 Å². The van der Waals surface area contributed by atoms with Crippen molar-refractivity contribution < 1.29 is 9.59 Å². The van der Waals surface area contributed by atoms with Crippen LogP contribution in [0.25, 0.3) is 11.6 Å². The van der Waals surface area contributed by atoms with E-state index in [1.807, 2.05) is 11.0 Å². The highest BCUT2D eigenvalue weighted by Gasteiger charge is 2.37. The summed E-state index contributed by atoms with van der Waals surface area (Å²) in [6.45, 7) is 8.45. The van der Waals surface area contributed by atoms with Gasteiger partial charge >= 0.3 is 0 Å². The molecule has 1 aromatic carbocycles. The molecule has 1 N–H and O–H groups in total. The van der Waals surface area contributed by atoms with Crippen LogP contribution in [0, 0.1) is 11.8 Å². The van der Waals surface area contributed by atoms with E-state index in [1.54, 1.807) is 30.5 Å². The summed E-state index contributed by atoms with van der Waals surface area (Å²) in [6, 6.07) is 13.9. The number of nitrogens with zero attached hydrogens (tertiary/aromatic N) is 3. The predicted octanol–water partition coefficient (Wildman–Crippen LogP) is 4.37. The van der Waals surface area contributed by atoms with Crippen LogP contribution in [0.5, 0.6) is 0 Å². The van der Waals surface area contributed by atoms with Crippen LogP contribution < -0.4 is 5.32 Å². The standard InChI is InChI=1S/C27H26N4O2/c1-3-20(16-28-2)27(33)30-25-11-9-19(15-29-25)10-12-26(32)31-17-23-13-22(14-24(23)18-31)21-7-5-4-6-8-21/h3-13,15-16,23-24H,1-2,14,17-18H2,(H,29,30,33)/b12-10+,20-16+. The van der Waals surface area contributed by atoms with E-state index in [-0.39, 0.29) is 11.8 Å². The molecule has 0 spiro atoms. The number of aliphatic imine (C=N–C) groups is 1. The maximum Gasteiger partial charge on any atom is 0.258 e. The number of carbonyl (C=O) groups is 2. The summed E-state index contributed by atoms with van der Waals surface area (Å²) in [5.41, 5.74) is 3.75. The first kappa shape index (κ1) is 22.1. The molecule has 1 aliphatic heterocycles. The van der Waals surface area contributed by atoms with E-state index in [9.17, 15) is 9.59 Å². The zero-order valence-electron chi connectivity index (χ0n) is 18.4. The number of aromatic nitrogens is 1. The van der Waals surface area contributed by atoms with E-state index in [1.165, 1.54) is 23.4 Å². The summed E-state index contributed by atoms with van der Waals surface area (Å²) in [5.74, 6) is 0.955. The second-order valence-corrected chi connectivity index (χ2v) is 8.16. The van der Waals surface area contributed by atoms with Gasteiger partial charge in [-0.25, -0.2) is 4.98 Å². The summed E-state index contributed by atoms with van der Waals surface area (Å²) >= 11 is 0. The number of pyridine rings is 1. The molecule has 0 radical (unpaired) electrons. The molecule has 1 aliphatic carbocycles. The first-order valence-corrected chi connectivity index (χ1v) is 10.9. The molecule has 33 heavy (non-hydrogen) atoms. The minimum Gasteiger partial charge on any atom is -0.338 e. The average Bonchev–Trinajstić information content (AvgIpc) is 3.42. The fourth-order valence-electron chi connectivity index (χ4n) is 4.30. The van der Waals surface area contributed by atoms with Gasteiger partial charge in [-0.3, -0.25) is 14.6 Å². The summed E-state index contributed by atoms with van der Waals surface area (Å²) in [6.07, 6.45) is 11.0. The molecule has 2 atom stereocenters. The molecule has 4 rings (SSSR count). The van der Waals surface area contributed by atoms with Gasteiger partial charge < -0.3 is 10.2 Å². The molecule has 2 aromatic rings. The zero-order chi connectivity index (χ0) is 23.2. The van der Waals surface area contributed by atoms with Crippen molar-refractivity contribution in [2.45, 2.75) is 6.42 Å². The maximum atomic E-state index is 12.7. The van der Waals surface area contributed by atoms with Crippen LogP contribution in [0.4, 0.5) is 5.82 Å². The van der Waals surface area contributed by atoms with Crippen molar-refractivity contribution in [3.8, 4) is 0 Å². The van der Waals surface area contributed by atoms with E-state index < -0.39 is 0 Å². The second-order valence-electron chi connectivity index (χ2n) is 8.16. The third kappa shape index (κ3) is 5.23. The van der Waals surface area contributed by atoms with Gasteiger partial charge in [-0.15, -0.1) is 0 Å². The fourth-order valence-corrected chi connectivity index (χ4v) is 4.30. The molecule has 0 saturated carbocycles. The molecule has 6 heteroatoms. The van der Waals surface area contributed by atoms with E-state index in [0.717, 1.165) is 25.1 Å². The fraction of sp³-hybridized carbons (Fsp3) is 0.185. The lowest BCUT2D eigenvalue weighted by Gasteiger charge is -2.15. The van der Waals surface area contributed by atoms with Gasteiger partial charge in [-0.2, -0.15) is 0 Å². The number of carbonyl (C=O) groups excluding carboxylic acids is 2. The monoisotopic (exact) mass is 438 g/mol. The molecule has 6 nitrogen and oxygen atoms in total. The Morgan fingerprint density at radius 2 is 1.97 bits per heavy atom. The topological polar surface area (TPSA) is 74.7 Å². The molecular formula is C27H26N4O2. The lowest BCUT2D eigenvalue weighted by Crippen LogP contribution is -2.27. The number of nitrogens with one attached hydrogen (secondary N) is 1. The van der Waals surface area contributed by atoms with E-state index in [4.69, 9.17) is 0 Å². The third-order valence-corrected chi connectivity index (χ3v) is 6.00. The number of rotatable bonds is 7.